The van der Waals surface area contributed by atoms with Crippen molar-refractivity contribution in [3.63, 3.8) is 0 Å². The van der Waals surface area contributed by atoms with Crippen molar-refractivity contribution in [2.75, 3.05) is 0 Å². The molecule has 3 heteroatoms. The molecule has 3 atom stereocenters. The van der Waals surface area contributed by atoms with Crippen molar-refractivity contribution in [2.45, 2.75) is 135 Å². The minimum absolute atomic E-state index is 0.0867. The maximum atomic E-state index is 9.16. The smallest absolute Gasteiger partial charge is 0.158 e. The summed E-state index contributed by atoms with van der Waals surface area (Å²) < 4.78 is 0. The Morgan fingerprint density at radius 2 is 0.920 bits per heavy atom. The van der Waals surface area contributed by atoms with Crippen LogP contribution in [0.1, 0.15) is 123 Å². The summed E-state index contributed by atoms with van der Waals surface area (Å²) in [6.07, 6.45) is 22.3. The molecule has 0 spiro atoms. The summed E-state index contributed by atoms with van der Waals surface area (Å²) in [5.41, 5.74) is -0.0867. The predicted molar refractivity (Wildman–Crippen MR) is 115 cm³/mol. The maximum absolute atomic E-state index is 9.16. The normalized spacial score (nSPS) is 14.2. The fraction of sp³-hybridized carbons (Fsp3) is 1.00. The third-order valence-corrected chi connectivity index (χ3v) is 6.52. The van der Waals surface area contributed by atoms with Crippen LogP contribution in [0.2, 0.25) is 0 Å². The molecular formula is C22H47O2P. The van der Waals surface area contributed by atoms with Gasteiger partial charge in [-0.05, 0) is 12.3 Å². The van der Waals surface area contributed by atoms with Crippen LogP contribution in [0.5, 0.6) is 0 Å². The summed E-state index contributed by atoms with van der Waals surface area (Å²) >= 11 is 0. The highest BCUT2D eigenvalue weighted by atomic mass is 31.0. The molecule has 0 aliphatic rings. The molecule has 0 saturated carbocycles. The van der Waals surface area contributed by atoms with E-state index in [-0.39, 0.29) is 5.66 Å². The zero-order chi connectivity index (χ0) is 18.8. The Morgan fingerprint density at radius 3 is 1.24 bits per heavy atom. The molecule has 0 radical (unpaired) electrons. The highest BCUT2D eigenvalue weighted by Crippen LogP contribution is 2.22. The van der Waals surface area contributed by atoms with E-state index in [1.54, 1.807) is 0 Å². The van der Waals surface area contributed by atoms with Crippen molar-refractivity contribution >= 4 is 9.24 Å². The Kier molecular flexibility index (Phi) is 19.4. The molecule has 3 unspecified atom stereocenters. The van der Waals surface area contributed by atoms with E-state index < -0.39 is 6.29 Å². The molecule has 0 bridgehead atoms. The van der Waals surface area contributed by atoms with E-state index in [0.717, 1.165) is 6.42 Å². The second kappa shape index (κ2) is 19.1. The minimum atomic E-state index is -1.19. The summed E-state index contributed by atoms with van der Waals surface area (Å²) in [6, 6.07) is 0. The first-order valence-corrected chi connectivity index (χ1v) is 11.9. The maximum Gasteiger partial charge on any atom is 0.158 e. The van der Waals surface area contributed by atoms with Crippen molar-refractivity contribution in [1.29, 1.82) is 0 Å². The van der Waals surface area contributed by atoms with Crippen LogP contribution in [0, 0.1) is 5.92 Å². The molecule has 0 amide bonds. The lowest BCUT2D eigenvalue weighted by atomic mass is 9.98. The van der Waals surface area contributed by atoms with E-state index in [2.05, 4.69) is 23.1 Å². The van der Waals surface area contributed by atoms with Crippen LogP contribution in [0.3, 0.4) is 0 Å². The molecule has 0 heterocycles. The molecule has 152 valence electrons. The second-order valence-electron chi connectivity index (χ2n) is 8.06. The lowest BCUT2D eigenvalue weighted by molar-refractivity contribution is -0.0498. The number of hydrogen-bond acceptors (Lipinski definition) is 2. The van der Waals surface area contributed by atoms with E-state index in [9.17, 15) is 0 Å². The van der Waals surface area contributed by atoms with E-state index in [1.165, 1.54) is 103 Å². The Balaban J connectivity index is 3.14. The monoisotopic (exact) mass is 374 g/mol. The molecule has 0 aliphatic heterocycles. The van der Waals surface area contributed by atoms with Crippen LogP contribution in [0.15, 0.2) is 0 Å². The first-order chi connectivity index (χ1) is 12.1. The van der Waals surface area contributed by atoms with Crippen LogP contribution >= 0.6 is 9.24 Å². The average Bonchev–Trinajstić information content (AvgIpc) is 2.60. The molecule has 2 N–H and O–H groups in total. The van der Waals surface area contributed by atoms with Gasteiger partial charge in [-0.25, -0.2) is 0 Å². The molecule has 0 aromatic rings. The Hall–Kier alpha value is 0.350. The quantitative estimate of drug-likeness (QED) is 0.148. The van der Waals surface area contributed by atoms with Gasteiger partial charge in [0.15, 0.2) is 6.29 Å². The molecule has 0 saturated heterocycles. The molecule has 0 fully saturated rings. The van der Waals surface area contributed by atoms with Gasteiger partial charge in [-0.1, -0.05) is 117 Å². The standard InChI is InChI=1S/C22H47O2P/c1-3-4-5-6-7-8-9-10-11-12-13-14-15-16-17-18-19-20(2)21(25)22(23)24/h20-24H,3-19,25H2,1-2H3. The third-order valence-electron chi connectivity index (χ3n) is 5.51. The van der Waals surface area contributed by atoms with Crippen LogP contribution in [-0.4, -0.2) is 22.2 Å². The lowest BCUT2D eigenvalue weighted by Crippen LogP contribution is -2.26. The second-order valence-corrected chi connectivity index (χ2v) is 8.83. The third kappa shape index (κ3) is 17.5. The number of hydrogen-bond donors (Lipinski definition) is 2. The number of aliphatic hydroxyl groups excluding tert-OH is 1. The SMILES string of the molecule is CCCCCCCCCCCCCCCCCCC(C)C(P)C(O)O. The summed E-state index contributed by atoms with van der Waals surface area (Å²) in [7, 11) is 2.56. The minimum Gasteiger partial charge on any atom is -0.368 e. The van der Waals surface area contributed by atoms with Crippen molar-refractivity contribution < 1.29 is 10.2 Å². The fourth-order valence-electron chi connectivity index (χ4n) is 3.50. The van der Waals surface area contributed by atoms with Gasteiger partial charge in [0.1, 0.15) is 0 Å². The van der Waals surface area contributed by atoms with Crippen LogP contribution < -0.4 is 0 Å². The molecule has 25 heavy (non-hydrogen) atoms. The average molecular weight is 375 g/mol. The van der Waals surface area contributed by atoms with Gasteiger partial charge in [-0.2, -0.15) is 0 Å². The van der Waals surface area contributed by atoms with E-state index in [0.29, 0.717) is 5.92 Å². The van der Waals surface area contributed by atoms with Gasteiger partial charge < -0.3 is 10.2 Å². The van der Waals surface area contributed by atoms with Crippen molar-refractivity contribution in [2.24, 2.45) is 5.92 Å². The van der Waals surface area contributed by atoms with Crippen LogP contribution in [0.25, 0.3) is 0 Å². The summed E-state index contributed by atoms with van der Waals surface area (Å²) in [5.74, 6) is 0.372. The molecule has 0 rings (SSSR count). The molecule has 0 aromatic heterocycles. The van der Waals surface area contributed by atoms with Gasteiger partial charge in [0, 0.05) is 5.66 Å². The molecule has 2 nitrogen and oxygen atoms in total. The number of rotatable bonds is 19. The van der Waals surface area contributed by atoms with Gasteiger partial charge in [0.05, 0.1) is 0 Å². The topological polar surface area (TPSA) is 40.5 Å². The van der Waals surface area contributed by atoms with Crippen molar-refractivity contribution in [1.82, 2.24) is 0 Å². The predicted octanol–water partition coefficient (Wildman–Crippen LogP) is 6.83. The summed E-state index contributed by atoms with van der Waals surface area (Å²) in [5, 5.41) is 18.3. The van der Waals surface area contributed by atoms with Crippen LogP contribution in [-0.2, 0) is 0 Å². The highest BCUT2D eigenvalue weighted by Gasteiger charge is 2.18. The van der Waals surface area contributed by atoms with Gasteiger partial charge in [0.25, 0.3) is 0 Å². The van der Waals surface area contributed by atoms with Gasteiger partial charge in [0.2, 0.25) is 0 Å². The van der Waals surface area contributed by atoms with E-state index in [1.807, 2.05) is 0 Å². The zero-order valence-electron chi connectivity index (χ0n) is 17.2. The number of aliphatic hydroxyl groups is 2. The molecule has 0 aromatic carbocycles. The Bertz CT molecular complexity index is 258. The van der Waals surface area contributed by atoms with Crippen LogP contribution in [0.4, 0.5) is 0 Å². The highest BCUT2D eigenvalue weighted by molar-refractivity contribution is 7.17. The first-order valence-electron chi connectivity index (χ1n) is 11.2. The van der Waals surface area contributed by atoms with Crippen molar-refractivity contribution in [3.05, 3.63) is 0 Å². The molecular weight excluding hydrogens is 327 g/mol. The van der Waals surface area contributed by atoms with Gasteiger partial charge in [-0.15, -0.1) is 9.24 Å². The van der Waals surface area contributed by atoms with E-state index in [4.69, 9.17) is 10.2 Å². The molecule has 0 aliphatic carbocycles. The van der Waals surface area contributed by atoms with E-state index >= 15 is 0 Å². The Morgan fingerprint density at radius 1 is 0.600 bits per heavy atom. The summed E-state index contributed by atoms with van der Waals surface area (Å²) in [6.45, 7) is 4.40. The van der Waals surface area contributed by atoms with Gasteiger partial charge in [-0.3, -0.25) is 0 Å². The summed E-state index contributed by atoms with van der Waals surface area (Å²) in [4.78, 5) is 0. The van der Waals surface area contributed by atoms with Gasteiger partial charge >= 0.3 is 0 Å². The largest absolute Gasteiger partial charge is 0.368 e. The zero-order valence-corrected chi connectivity index (χ0v) is 18.4. The fourth-order valence-corrected chi connectivity index (χ4v) is 3.69. The Labute approximate surface area is 160 Å². The van der Waals surface area contributed by atoms with Crippen molar-refractivity contribution in [3.8, 4) is 0 Å². The lowest BCUT2D eigenvalue weighted by Gasteiger charge is -2.21. The first kappa shape index (κ1) is 25.4. The number of unbranched alkanes of at least 4 members (excludes halogenated alkanes) is 15.